The molecule has 0 radical (unpaired) electrons. The fraction of sp³-hybridized carbons (Fsp3) is 0.300. The number of ether oxygens (including phenoxy) is 1. The average molecular weight is 790 g/mol. The number of para-hydroxylation sites is 1. The smallest absolute Gasteiger partial charge is 0.217 e. The Morgan fingerprint density at radius 3 is 2.13 bits per heavy atom. The second kappa shape index (κ2) is 11.4. The number of aromatic hydroxyl groups is 1. The minimum absolute atomic E-state index is 0. The van der Waals surface area contributed by atoms with Crippen LogP contribution in [0.4, 0.5) is 5.69 Å². The van der Waals surface area contributed by atoms with E-state index >= 15 is 0 Å². The van der Waals surface area contributed by atoms with E-state index in [0.29, 0.717) is 17.1 Å². The molecular formula is C40H40N3O2Pt-. The van der Waals surface area contributed by atoms with Gasteiger partial charge in [0.1, 0.15) is 11.3 Å². The molecule has 4 aromatic carbocycles. The molecule has 1 N–H and O–H groups in total. The molecule has 238 valence electrons. The number of rotatable bonds is 4. The summed E-state index contributed by atoms with van der Waals surface area (Å²) in [6, 6.07) is 29.9. The van der Waals surface area contributed by atoms with Crippen molar-refractivity contribution in [3.05, 3.63) is 124 Å². The van der Waals surface area contributed by atoms with E-state index in [2.05, 4.69) is 108 Å². The van der Waals surface area contributed by atoms with E-state index < -0.39 is 0 Å². The Labute approximate surface area is 286 Å². The first kappa shape index (κ1) is 32.0. The molecule has 5 nitrogen and oxygen atoms in total. The summed E-state index contributed by atoms with van der Waals surface area (Å²) < 4.78 is 6.27. The first-order chi connectivity index (χ1) is 21.4. The Kier molecular flexibility index (Phi) is 7.92. The van der Waals surface area contributed by atoms with Crippen LogP contribution < -0.4 is 9.64 Å². The van der Waals surface area contributed by atoms with Crippen LogP contribution in [0.2, 0.25) is 0 Å². The van der Waals surface area contributed by atoms with Crippen LogP contribution in [-0.4, -0.2) is 28.0 Å². The number of fused-ring (bicyclic) bond motifs is 3. The van der Waals surface area contributed by atoms with Crippen LogP contribution in [0.3, 0.4) is 0 Å². The van der Waals surface area contributed by atoms with Crippen LogP contribution in [0.5, 0.6) is 17.4 Å². The molecule has 1 aliphatic heterocycles. The molecule has 6 heteroatoms. The number of benzene rings is 4. The van der Waals surface area contributed by atoms with Gasteiger partial charge in [0.15, 0.2) is 0 Å². The van der Waals surface area contributed by atoms with Crippen molar-refractivity contribution in [1.82, 2.24) is 4.98 Å². The second-order valence-electron chi connectivity index (χ2n) is 13.8. The van der Waals surface area contributed by atoms with Gasteiger partial charge in [-0.1, -0.05) is 76.2 Å². The van der Waals surface area contributed by atoms with Gasteiger partial charge in [0.2, 0.25) is 5.88 Å². The number of pyridine rings is 1. The van der Waals surface area contributed by atoms with Crippen LogP contribution in [-0.2, 0) is 31.9 Å². The number of phenolic OH excluding ortho intramolecular Hbond substituents is 1. The van der Waals surface area contributed by atoms with Gasteiger partial charge < -0.3 is 19.7 Å². The van der Waals surface area contributed by atoms with Gasteiger partial charge in [-0.05, 0) is 73.2 Å². The third kappa shape index (κ3) is 4.86. The quantitative estimate of drug-likeness (QED) is 0.185. The van der Waals surface area contributed by atoms with Gasteiger partial charge in [0.05, 0.1) is 17.9 Å². The summed E-state index contributed by atoms with van der Waals surface area (Å²) in [4.78, 5) is 12.7. The number of hydrogen-bond acceptors (Lipinski definition) is 5. The molecule has 0 fully saturated rings. The molecule has 0 amide bonds. The van der Waals surface area contributed by atoms with Crippen LogP contribution in [0.25, 0.3) is 10.9 Å². The van der Waals surface area contributed by atoms with E-state index in [9.17, 15) is 5.11 Å². The number of amidine groups is 1. The normalized spacial score (nSPS) is 19.2. The number of hydrogen-bond donors (Lipinski definition) is 1. The van der Waals surface area contributed by atoms with E-state index in [0.717, 1.165) is 16.8 Å². The molecule has 0 bridgehead atoms. The third-order valence-electron chi connectivity index (χ3n) is 10.3. The Morgan fingerprint density at radius 2 is 1.43 bits per heavy atom. The van der Waals surface area contributed by atoms with Gasteiger partial charge >= 0.3 is 0 Å². The zero-order chi connectivity index (χ0) is 31.8. The molecule has 2 aliphatic rings. The van der Waals surface area contributed by atoms with Crippen molar-refractivity contribution in [2.45, 2.75) is 78.3 Å². The largest absolute Gasteiger partial charge is 0.506 e. The number of aryl methyl sites for hydroxylation is 2. The number of anilines is 1. The zero-order valence-electron chi connectivity index (χ0n) is 27.7. The predicted molar refractivity (Wildman–Crippen MR) is 183 cm³/mol. The summed E-state index contributed by atoms with van der Waals surface area (Å²) in [7, 11) is 0. The maximum absolute atomic E-state index is 10.4. The standard InChI is InChI=1S/C40H40N3O2.Pt/c1-23-21-24(2)26(4)35(25(23)3)43-37-36(39(5,6)30-16-9-10-17-31(30)40(37,7)8)42-38(43)28-14-11-15-29(22-28)45-33-20-19-27-13-12-18-32(44)34(27)41-33;/h9-21,36-37,44H,1-8H3;/q-1;/t36-,37?;/m1./s1. The number of phenols is 1. The summed E-state index contributed by atoms with van der Waals surface area (Å²) in [5.74, 6) is 1.97. The topological polar surface area (TPSA) is 58.0 Å². The van der Waals surface area contributed by atoms with Gasteiger partial charge in [-0.2, -0.15) is 0 Å². The van der Waals surface area contributed by atoms with Crippen molar-refractivity contribution in [3.63, 3.8) is 0 Å². The number of nitrogens with zero attached hydrogens (tertiary/aromatic N) is 3. The zero-order valence-corrected chi connectivity index (χ0v) is 29.9. The molecule has 0 spiro atoms. The van der Waals surface area contributed by atoms with Gasteiger partial charge in [0, 0.05) is 54.8 Å². The molecule has 2 atom stereocenters. The number of aromatic nitrogens is 1. The Hall–Kier alpha value is -3.95. The summed E-state index contributed by atoms with van der Waals surface area (Å²) in [6.07, 6.45) is 0. The maximum Gasteiger partial charge on any atom is 0.217 e. The Bertz CT molecular complexity index is 2000. The third-order valence-corrected chi connectivity index (χ3v) is 10.3. The minimum Gasteiger partial charge on any atom is -0.506 e. The van der Waals surface area contributed by atoms with E-state index in [1.807, 2.05) is 36.4 Å². The van der Waals surface area contributed by atoms with Gasteiger partial charge in [-0.25, -0.2) is 4.98 Å². The van der Waals surface area contributed by atoms with E-state index in [1.54, 1.807) is 6.07 Å². The van der Waals surface area contributed by atoms with E-state index in [1.165, 1.54) is 39.1 Å². The van der Waals surface area contributed by atoms with Gasteiger partial charge in [0.25, 0.3) is 0 Å². The molecule has 1 aromatic heterocycles. The molecule has 0 saturated carbocycles. The molecular weight excluding hydrogens is 750 g/mol. The summed E-state index contributed by atoms with van der Waals surface area (Å²) in [5, 5.41) is 11.2. The average Bonchev–Trinajstić information content (AvgIpc) is 3.43. The summed E-state index contributed by atoms with van der Waals surface area (Å²) in [5.41, 5.74) is 10.1. The van der Waals surface area contributed by atoms with Crippen molar-refractivity contribution in [3.8, 4) is 17.4 Å². The fourth-order valence-corrected chi connectivity index (χ4v) is 7.66. The Balaban J connectivity index is 0.00000372. The second-order valence-corrected chi connectivity index (χ2v) is 13.8. The monoisotopic (exact) mass is 789 g/mol. The van der Waals surface area contributed by atoms with Crippen LogP contribution in [0.1, 0.15) is 66.6 Å². The van der Waals surface area contributed by atoms with Crippen LogP contribution >= 0.6 is 0 Å². The maximum atomic E-state index is 10.4. The molecule has 0 saturated heterocycles. The van der Waals surface area contributed by atoms with Crippen molar-refractivity contribution >= 4 is 22.4 Å². The molecule has 2 heterocycles. The van der Waals surface area contributed by atoms with Gasteiger partial charge in [-0.3, -0.25) is 0 Å². The molecule has 5 aromatic rings. The van der Waals surface area contributed by atoms with Gasteiger partial charge in [-0.15, -0.1) is 23.8 Å². The van der Waals surface area contributed by atoms with Crippen molar-refractivity contribution < 1.29 is 30.9 Å². The summed E-state index contributed by atoms with van der Waals surface area (Å²) >= 11 is 0. The van der Waals surface area contributed by atoms with Crippen molar-refractivity contribution in [2.75, 3.05) is 4.90 Å². The molecule has 46 heavy (non-hydrogen) atoms. The molecule has 1 unspecified atom stereocenters. The van der Waals surface area contributed by atoms with Crippen LogP contribution in [0.15, 0.2) is 83.9 Å². The Morgan fingerprint density at radius 1 is 0.783 bits per heavy atom. The first-order valence-electron chi connectivity index (χ1n) is 15.7. The van der Waals surface area contributed by atoms with Crippen molar-refractivity contribution in [1.29, 1.82) is 0 Å². The number of aliphatic imine (C=N–C) groups is 1. The minimum atomic E-state index is -0.192. The van der Waals surface area contributed by atoms with Crippen LogP contribution in [0, 0.1) is 33.8 Å². The van der Waals surface area contributed by atoms with E-state index in [-0.39, 0.29) is 49.7 Å². The summed E-state index contributed by atoms with van der Waals surface area (Å²) in [6.45, 7) is 18.3. The first-order valence-corrected chi connectivity index (χ1v) is 15.7. The SMILES string of the molecule is Cc1cc(C)c(C)c(N2C(c3[c-]c(Oc4ccc5cccc(O)c5n4)ccc3)=N[C@@H]3C2C(C)(C)c2ccccc2C3(C)C)c1C.[Pt]. The molecule has 7 rings (SSSR count). The molecule has 1 aliphatic carbocycles. The van der Waals surface area contributed by atoms with Crippen molar-refractivity contribution in [2.24, 2.45) is 4.99 Å². The van der Waals surface area contributed by atoms with E-state index in [4.69, 9.17) is 9.73 Å². The fourth-order valence-electron chi connectivity index (χ4n) is 7.66. The predicted octanol–water partition coefficient (Wildman–Crippen LogP) is 9.04.